The Labute approximate surface area is 112 Å². The Bertz CT molecular complexity index is 527. The Kier molecular flexibility index (Phi) is 5.24. The number of halogens is 3. The van der Waals surface area contributed by atoms with Crippen LogP contribution in [0.15, 0.2) is 24.4 Å². The van der Waals surface area contributed by atoms with E-state index in [0.717, 1.165) is 6.08 Å². The summed E-state index contributed by atoms with van der Waals surface area (Å²) in [5.41, 5.74) is 0.452. The average molecular weight is 288 g/mol. The van der Waals surface area contributed by atoms with Gasteiger partial charge in [-0.3, -0.25) is 4.79 Å². The summed E-state index contributed by atoms with van der Waals surface area (Å²) in [5, 5.41) is 10.7. The van der Waals surface area contributed by atoms with Crippen molar-refractivity contribution in [2.75, 3.05) is 5.32 Å². The van der Waals surface area contributed by atoms with Crippen LogP contribution in [0.2, 0.25) is 0 Å². The second-order valence-electron chi connectivity index (χ2n) is 3.81. The van der Waals surface area contributed by atoms with E-state index < -0.39 is 30.9 Å². The largest absolute Gasteiger partial charge is 0.478 e. The van der Waals surface area contributed by atoms with Crippen molar-refractivity contribution in [2.45, 2.75) is 19.0 Å². The lowest BCUT2D eigenvalue weighted by atomic mass is 10.2. The molecule has 5 nitrogen and oxygen atoms in total. The van der Waals surface area contributed by atoms with E-state index in [9.17, 15) is 22.8 Å². The molecule has 0 saturated heterocycles. The minimum absolute atomic E-state index is 0.0599. The molecule has 8 heteroatoms. The number of carboxylic acids is 1. The van der Waals surface area contributed by atoms with Crippen LogP contribution in [0.25, 0.3) is 6.08 Å². The number of anilines is 1. The number of pyridine rings is 1. The number of nitrogens with one attached hydrogen (secondary N) is 1. The van der Waals surface area contributed by atoms with Crippen LogP contribution < -0.4 is 5.32 Å². The maximum Gasteiger partial charge on any atom is 0.389 e. The Morgan fingerprint density at radius 1 is 1.40 bits per heavy atom. The number of carbonyl (C=O) groups is 2. The number of aromatic nitrogens is 1. The lowest BCUT2D eigenvalue weighted by Gasteiger charge is -2.07. The molecule has 108 valence electrons. The molecule has 1 aromatic heterocycles. The van der Waals surface area contributed by atoms with E-state index in [1.165, 1.54) is 24.4 Å². The van der Waals surface area contributed by atoms with Gasteiger partial charge in [0.15, 0.2) is 0 Å². The molecule has 0 saturated carbocycles. The molecule has 1 rings (SSSR count). The molecular weight excluding hydrogens is 277 g/mol. The predicted molar refractivity (Wildman–Crippen MR) is 64.8 cm³/mol. The van der Waals surface area contributed by atoms with Gasteiger partial charge in [0.1, 0.15) is 5.82 Å². The quantitative estimate of drug-likeness (QED) is 0.816. The van der Waals surface area contributed by atoms with E-state index in [2.05, 4.69) is 10.3 Å². The highest BCUT2D eigenvalue weighted by Crippen LogP contribution is 2.21. The summed E-state index contributed by atoms with van der Waals surface area (Å²) >= 11 is 0. The van der Waals surface area contributed by atoms with Crippen molar-refractivity contribution in [3.8, 4) is 0 Å². The molecule has 20 heavy (non-hydrogen) atoms. The zero-order valence-corrected chi connectivity index (χ0v) is 10.1. The van der Waals surface area contributed by atoms with E-state index in [4.69, 9.17) is 5.11 Å². The van der Waals surface area contributed by atoms with Crippen LogP contribution in [0.3, 0.4) is 0 Å². The van der Waals surface area contributed by atoms with Crippen LogP contribution in [0.4, 0.5) is 19.0 Å². The number of hydrogen-bond donors (Lipinski definition) is 2. The molecule has 1 aromatic rings. The van der Waals surface area contributed by atoms with Crippen LogP contribution in [0.5, 0.6) is 0 Å². The standard InChI is InChI=1S/C12H11F3N2O3/c13-12(14,15)5-3-10(18)17-9-7-8(4-6-16-9)1-2-11(19)20/h1-2,4,6-7H,3,5H2,(H,19,20)(H,16,17,18)/b2-1+. The molecule has 0 aliphatic heterocycles. The predicted octanol–water partition coefficient (Wildman–Crippen LogP) is 2.46. The summed E-state index contributed by atoms with van der Waals surface area (Å²) in [6, 6.07) is 2.84. The number of nitrogens with zero attached hydrogens (tertiary/aromatic N) is 1. The molecule has 0 spiro atoms. The number of rotatable bonds is 5. The monoisotopic (exact) mass is 288 g/mol. The number of aliphatic carboxylic acids is 1. The van der Waals surface area contributed by atoms with E-state index in [1.54, 1.807) is 0 Å². The Morgan fingerprint density at radius 2 is 2.10 bits per heavy atom. The van der Waals surface area contributed by atoms with E-state index in [0.29, 0.717) is 5.56 Å². The third-order valence-corrected chi connectivity index (χ3v) is 2.11. The fourth-order valence-electron chi connectivity index (χ4n) is 1.25. The molecule has 0 aliphatic carbocycles. The Balaban J connectivity index is 2.62. The lowest BCUT2D eigenvalue weighted by molar-refractivity contribution is -0.142. The molecule has 0 unspecified atom stereocenters. The summed E-state index contributed by atoms with van der Waals surface area (Å²) in [7, 11) is 0. The van der Waals surface area contributed by atoms with Crippen LogP contribution in [0.1, 0.15) is 18.4 Å². The second-order valence-corrected chi connectivity index (χ2v) is 3.81. The van der Waals surface area contributed by atoms with Crippen molar-refractivity contribution in [1.29, 1.82) is 0 Å². The highest BCUT2D eigenvalue weighted by Gasteiger charge is 2.27. The molecule has 0 aliphatic rings. The van der Waals surface area contributed by atoms with Crippen LogP contribution in [0, 0.1) is 0 Å². The van der Waals surface area contributed by atoms with E-state index >= 15 is 0 Å². The highest BCUT2D eigenvalue weighted by atomic mass is 19.4. The van der Waals surface area contributed by atoms with Gasteiger partial charge in [0.2, 0.25) is 5.91 Å². The van der Waals surface area contributed by atoms with Gasteiger partial charge in [0.25, 0.3) is 0 Å². The molecular formula is C12H11F3N2O3. The number of carbonyl (C=O) groups excluding carboxylic acids is 1. The second kappa shape index (κ2) is 6.69. The van der Waals surface area contributed by atoms with Crippen molar-refractivity contribution in [3.05, 3.63) is 30.0 Å². The third kappa shape index (κ3) is 6.53. The van der Waals surface area contributed by atoms with E-state index in [-0.39, 0.29) is 5.82 Å². The highest BCUT2D eigenvalue weighted by molar-refractivity contribution is 5.90. The third-order valence-electron chi connectivity index (χ3n) is 2.11. The molecule has 0 atom stereocenters. The molecule has 2 N–H and O–H groups in total. The fourth-order valence-corrected chi connectivity index (χ4v) is 1.25. The molecule has 0 radical (unpaired) electrons. The SMILES string of the molecule is O=C(O)/C=C/c1ccnc(NC(=O)CCC(F)(F)F)c1. The first-order chi connectivity index (χ1) is 9.26. The van der Waals surface area contributed by atoms with Crippen molar-refractivity contribution in [1.82, 2.24) is 4.98 Å². The average Bonchev–Trinajstić information content (AvgIpc) is 2.34. The minimum atomic E-state index is -4.39. The van der Waals surface area contributed by atoms with Gasteiger partial charge in [-0.1, -0.05) is 0 Å². The zero-order chi connectivity index (χ0) is 15.2. The van der Waals surface area contributed by atoms with Gasteiger partial charge < -0.3 is 10.4 Å². The van der Waals surface area contributed by atoms with Gasteiger partial charge in [-0.15, -0.1) is 0 Å². The maximum atomic E-state index is 11.9. The molecule has 1 amide bonds. The first kappa shape index (κ1) is 15.7. The summed E-state index contributed by atoms with van der Waals surface area (Å²) in [6.45, 7) is 0. The van der Waals surface area contributed by atoms with Gasteiger partial charge in [0.05, 0.1) is 6.42 Å². The number of carboxylic acid groups (broad SMARTS) is 1. The lowest BCUT2D eigenvalue weighted by Crippen LogP contribution is -2.17. The maximum absolute atomic E-state index is 11.9. The smallest absolute Gasteiger partial charge is 0.389 e. The Morgan fingerprint density at radius 3 is 2.70 bits per heavy atom. The van der Waals surface area contributed by atoms with Crippen LogP contribution >= 0.6 is 0 Å². The van der Waals surface area contributed by atoms with Crippen molar-refractivity contribution < 1.29 is 27.9 Å². The van der Waals surface area contributed by atoms with Gasteiger partial charge in [-0.25, -0.2) is 9.78 Å². The number of amides is 1. The zero-order valence-electron chi connectivity index (χ0n) is 10.1. The van der Waals surface area contributed by atoms with Gasteiger partial charge >= 0.3 is 12.1 Å². The molecule has 0 aromatic carbocycles. The van der Waals surface area contributed by atoms with Crippen molar-refractivity contribution in [3.63, 3.8) is 0 Å². The summed E-state index contributed by atoms with van der Waals surface area (Å²) in [6.07, 6.45) is -2.82. The van der Waals surface area contributed by atoms with Crippen molar-refractivity contribution >= 4 is 23.8 Å². The van der Waals surface area contributed by atoms with Crippen LogP contribution in [-0.4, -0.2) is 28.1 Å². The molecule has 0 bridgehead atoms. The fraction of sp³-hybridized carbons (Fsp3) is 0.250. The first-order valence-corrected chi connectivity index (χ1v) is 5.50. The van der Waals surface area contributed by atoms with E-state index in [1.807, 2.05) is 0 Å². The molecule has 1 heterocycles. The summed E-state index contributed by atoms with van der Waals surface area (Å²) in [5.74, 6) is -1.89. The summed E-state index contributed by atoms with van der Waals surface area (Å²) < 4.78 is 35.8. The van der Waals surface area contributed by atoms with Gasteiger partial charge in [0, 0.05) is 18.7 Å². The molecule has 0 fully saturated rings. The minimum Gasteiger partial charge on any atom is -0.478 e. The Hall–Kier alpha value is -2.38. The normalized spacial score (nSPS) is 11.6. The number of hydrogen-bond acceptors (Lipinski definition) is 3. The van der Waals surface area contributed by atoms with Crippen molar-refractivity contribution in [2.24, 2.45) is 0 Å². The first-order valence-electron chi connectivity index (χ1n) is 5.50. The topological polar surface area (TPSA) is 79.3 Å². The van der Waals surface area contributed by atoms with Crippen LogP contribution in [-0.2, 0) is 9.59 Å². The summed E-state index contributed by atoms with van der Waals surface area (Å²) in [4.78, 5) is 25.4. The van der Waals surface area contributed by atoms with Gasteiger partial charge in [-0.05, 0) is 23.8 Å². The number of alkyl halides is 3. The van der Waals surface area contributed by atoms with Gasteiger partial charge in [-0.2, -0.15) is 13.2 Å².